The van der Waals surface area contributed by atoms with Crippen molar-refractivity contribution in [1.82, 2.24) is 10.7 Å². The van der Waals surface area contributed by atoms with E-state index in [0.29, 0.717) is 16.9 Å². The zero-order valence-electron chi connectivity index (χ0n) is 14.0. The van der Waals surface area contributed by atoms with Crippen LogP contribution in [0.5, 0.6) is 0 Å². The van der Waals surface area contributed by atoms with Crippen LogP contribution in [0.1, 0.15) is 53.4 Å². The summed E-state index contributed by atoms with van der Waals surface area (Å²) in [5.41, 5.74) is 3.41. The Hall–Kier alpha value is -0.810. The van der Waals surface area contributed by atoms with E-state index in [0.717, 1.165) is 38.1 Å². The number of nitrogens with zero attached hydrogens (tertiary/aromatic N) is 1. The molecule has 0 aliphatic heterocycles. The van der Waals surface area contributed by atoms with Gasteiger partial charge in [-0.25, -0.2) is 5.84 Å². The van der Waals surface area contributed by atoms with Crippen LogP contribution >= 0.6 is 0 Å². The van der Waals surface area contributed by atoms with Gasteiger partial charge in [-0.15, -0.1) is 0 Å². The maximum Gasteiger partial charge on any atom is 0.205 e. The Morgan fingerprint density at radius 3 is 2.71 bits per heavy atom. The first kappa shape index (κ1) is 16.6. The summed E-state index contributed by atoms with van der Waals surface area (Å²) in [4.78, 5) is 4.55. The minimum absolute atomic E-state index is 0.302. The number of hydrogen-bond acceptors (Lipinski definition) is 3. The molecule has 0 saturated heterocycles. The molecule has 0 heterocycles. The second-order valence-electron chi connectivity index (χ2n) is 7.42. The van der Waals surface area contributed by atoms with E-state index >= 15 is 0 Å². The number of ether oxygens (including phenoxy) is 1. The lowest BCUT2D eigenvalue weighted by atomic mass is 9.68. The fourth-order valence-corrected chi connectivity index (χ4v) is 4.43. The average Bonchev–Trinajstić information content (AvgIpc) is 2.92. The molecular formula is C16H32N4O. The lowest BCUT2D eigenvalue weighted by Gasteiger charge is -2.43. The smallest absolute Gasteiger partial charge is 0.205 e. The van der Waals surface area contributed by atoms with E-state index in [1.54, 1.807) is 0 Å². The van der Waals surface area contributed by atoms with Crippen LogP contribution < -0.4 is 16.6 Å². The minimum atomic E-state index is 0.302. The Bertz CT molecular complexity index is 378. The van der Waals surface area contributed by atoms with Gasteiger partial charge in [0.25, 0.3) is 0 Å². The van der Waals surface area contributed by atoms with Crippen LogP contribution in [0.3, 0.4) is 0 Å². The van der Waals surface area contributed by atoms with Gasteiger partial charge in [0.05, 0.1) is 0 Å². The number of nitrogens with one attached hydrogen (secondary N) is 2. The molecule has 2 rings (SSSR count). The van der Waals surface area contributed by atoms with E-state index < -0.39 is 0 Å². The van der Waals surface area contributed by atoms with Crippen molar-refractivity contribution in [3.05, 3.63) is 0 Å². The van der Waals surface area contributed by atoms with Gasteiger partial charge in [-0.2, -0.15) is 0 Å². The highest BCUT2D eigenvalue weighted by Gasteiger charge is 2.59. The number of nitrogens with two attached hydrogens (primary N) is 1. The molecule has 3 atom stereocenters. The normalized spacial score (nSPS) is 34.2. The summed E-state index contributed by atoms with van der Waals surface area (Å²) in [5.74, 6) is 7.18. The van der Waals surface area contributed by atoms with Crippen molar-refractivity contribution in [2.45, 2.75) is 59.4 Å². The Morgan fingerprint density at radius 1 is 1.38 bits per heavy atom. The van der Waals surface area contributed by atoms with Gasteiger partial charge in [0.2, 0.25) is 5.96 Å². The first-order valence-electron chi connectivity index (χ1n) is 8.29. The van der Waals surface area contributed by atoms with Gasteiger partial charge >= 0.3 is 0 Å². The van der Waals surface area contributed by atoms with Crippen LogP contribution in [0.4, 0.5) is 0 Å². The van der Waals surface area contributed by atoms with Crippen LogP contribution in [0, 0.1) is 16.7 Å². The molecule has 2 bridgehead atoms. The molecule has 0 spiro atoms. The van der Waals surface area contributed by atoms with Gasteiger partial charge in [-0.3, -0.25) is 10.4 Å². The number of guanidine groups is 1. The first-order chi connectivity index (χ1) is 9.94. The van der Waals surface area contributed by atoms with Crippen molar-refractivity contribution in [3.8, 4) is 0 Å². The highest BCUT2D eigenvalue weighted by molar-refractivity contribution is 5.79. The van der Waals surface area contributed by atoms with E-state index in [9.17, 15) is 0 Å². The quantitative estimate of drug-likeness (QED) is 0.231. The van der Waals surface area contributed by atoms with Crippen molar-refractivity contribution >= 4 is 5.96 Å². The Kier molecular flexibility index (Phi) is 5.15. The molecule has 0 radical (unpaired) electrons. The summed E-state index contributed by atoms with van der Waals surface area (Å²) in [6.45, 7) is 11.4. The molecule has 0 amide bonds. The maximum atomic E-state index is 5.65. The zero-order chi connectivity index (χ0) is 15.5. The molecule has 0 aromatic heterocycles. The molecule has 2 saturated carbocycles. The largest absolute Gasteiger partial charge is 0.382 e. The molecular weight excluding hydrogens is 264 g/mol. The van der Waals surface area contributed by atoms with Crippen molar-refractivity contribution in [2.24, 2.45) is 27.6 Å². The summed E-state index contributed by atoms with van der Waals surface area (Å²) in [6.07, 6.45) is 4.91. The van der Waals surface area contributed by atoms with Gasteiger partial charge < -0.3 is 10.1 Å². The number of aliphatic imine (C=N–C) groups is 1. The van der Waals surface area contributed by atoms with Crippen LogP contribution in [-0.4, -0.2) is 31.8 Å². The summed E-state index contributed by atoms with van der Waals surface area (Å²) in [7, 11) is 0. The minimum Gasteiger partial charge on any atom is -0.382 e. The van der Waals surface area contributed by atoms with E-state index in [-0.39, 0.29) is 0 Å². The standard InChI is InChI=1S/C16H32N4O/c1-5-21-10-6-9-18-14(20-17)19-13-15(2,3)12-7-8-16(13,4)11-12/h12-13H,5-11,17H2,1-4H3,(H2,18,19,20). The predicted molar refractivity (Wildman–Crippen MR) is 86.9 cm³/mol. The highest BCUT2D eigenvalue weighted by Crippen LogP contribution is 2.62. The molecule has 2 fully saturated rings. The fourth-order valence-electron chi connectivity index (χ4n) is 4.43. The number of hydrogen-bond donors (Lipinski definition) is 3. The van der Waals surface area contributed by atoms with E-state index in [1.807, 2.05) is 6.92 Å². The third-order valence-electron chi connectivity index (χ3n) is 5.61. The van der Waals surface area contributed by atoms with Crippen LogP contribution in [0.15, 0.2) is 4.99 Å². The SMILES string of the molecule is CCOCCCN=C(NN)NC1C2(C)CCC(C2)C1(C)C. The molecule has 2 aliphatic rings. The predicted octanol–water partition coefficient (Wildman–Crippen LogP) is 2.04. The third kappa shape index (κ3) is 3.34. The molecule has 122 valence electrons. The number of hydrazine groups is 1. The molecule has 5 nitrogen and oxygen atoms in total. The van der Waals surface area contributed by atoms with E-state index in [4.69, 9.17) is 10.6 Å². The monoisotopic (exact) mass is 296 g/mol. The van der Waals surface area contributed by atoms with Gasteiger partial charge in [-0.1, -0.05) is 20.8 Å². The molecule has 3 unspecified atom stereocenters. The second kappa shape index (κ2) is 6.53. The highest BCUT2D eigenvalue weighted by atomic mass is 16.5. The van der Waals surface area contributed by atoms with Crippen LogP contribution in [0.2, 0.25) is 0 Å². The number of rotatable bonds is 6. The van der Waals surface area contributed by atoms with Gasteiger partial charge in [-0.05, 0) is 49.4 Å². The molecule has 21 heavy (non-hydrogen) atoms. The molecule has 0 aromatic rings. The van der Waals surface area contributed by atoms with Crippen molar-refractivity contribution in [3.63, 3.8) is 0 Å². The lowest BCUT2D eigenvalue weighted by Crippen LogP contribution is -2.56. The summed E-state index contributed by atoms with van der Waals surface area (Å²) >= 11 is 0. The number of fused-ring (bicyclic) bond motifs is 2. The summed E-state index contributed by atoms with van der Waals surface area (Å²) in [5, 5.41) is 3.59. The average molecular weight is 296 g/mol. The molecule has 5 heteroatoms. The maximum absolute atomic E-state index is 5.65. The summed E-state index contributed by atoms with van der Waals surface area (Å²) < 4.78 is 5.33. The fraction of sp³-hybridized carbons (Fsp3) is 0.938. The molecule has 0 aromatic carbocycles. The van der Waals surface area contributed by atoms with Crippen molar-refractivity contribution in [1.29, 1.82) is 0 Å². The van der Waals surface area contributed by atoms with Gasteiger partial charge in [0.15, 0.2) is 0 Å². The second-order valence-corrected chi connectivity index (χ2v) is 7.42. The molecule has 2 aliphatic carbocycles. The Labute approximate surface area is 129 Å². The Balaban J connectivity index is 1.93. The van der Waals surface area contributed by atoms with Gasteiger partial charge in [0.1, 0.15) is 0 Å². The van der Waals surface area contributed by atoms with Crippen LogP contribution in [-0.2, 0) is 4.74 Å². The topological polar surface area (TPSA) is 71.7 Å². The van der Waals surface area contributed by atoms with Crippen molar-refractivity contribution in [2.75, 3.05) is 19.8 Å². The molecule has 4 N–H and O–H groups in total. The van der Waals surface area contributed by atoms with E-state index in [1.165, 1.54) is 19.3 Å². The lowest BCUT2D eigenvalue weighted by molar-refractivity contribution is 0.124. The van der Waals surface area contributed by atoms with Crippen molar-refractivity contribution < 1.29 is 4.74 Å². The van der Waals surface area contributed by atoms with Crippen LogP contribution in [0.25, 0.3) is 0 Å². The summed E-state index contributed by atoms with van der Waals surface area (Å²) in [6, 6.07) is 0.436. The van der Waals surface area contributed by atoms with E-state index in [2.05, 4.69) is 36.5 Å². The van der Waals surface area contributed by atoms with Gasteiger partial charge in [0, 0.05) is 25.8 Å². The Morgan fingerprint density at radius 2 is 2.14 bits per heavy atom. The first-order valence-corrected chi connectivity index (χ1v) is 8.29. The zero-order valence-corrected chi connectivity index (χ0v) is 14.0. The third-order valence-corrected chi connectivity index (χ3v) is 5.61.